The standard InChI is InChI=1S/C17H11Cl2NO2/c18-13-8-4-7-12(16(13)19)14-9-10-15(22-14)17(21)20-11-5-2-1-3-6-11/h1-10H,(H,20,21). The molecule has 1 amide bonds. The third kappa shape index (κ3) is 3.01. The Morgan fingerprint density at radius 3 is 2.45 bits per heavy atom. The Kier molecular flexibility index (Phi) is 4.18. The van der Waals surface area contributed by atoms with Crippen molar-refractivity contribution >= 4 is 34.8 Å². The van der Waals surface area contributed by atoms with Gasteiger partial charge in [0.1, 0.15) is 5.76 Å². The second kappa shape index (κ2) is 6.26. The number of hydrogen-bond acceptors (Lipinski definition) is 2. The molecule has 0 fully saturated rings. The molecule has 22 heavy (non-hydrogen) atoms. The number of hydrogen-bond donors (Lipinski definition) is 1. The predicted molar refractivity (Wildman–Crippen MR) is 88.6 cm³/mol. The number of furan rings is 1. The number of benzene rings is 2. The smallest absolute Gasteiger partial charge is 0.291 e. The highest BCUT2D eigenvalue weighted by Gasteiger charge is 2.15. The number of carbonyl (C=O) groups excluding carboxylic acids is 1. The van der Waals surface area contributed by atoms with Crippen LogP contribution >= 0.6 is 23.2 Å². The maximum atomic E-state index is 12.1. The Morgan fingerprint density at radius 1 is 0.909 bits per heavy atom. The third-order valence-electron chi connectivity index (χ3n) is 3.08. The van der Waals surface area contributed by atoms with E-state index in [0.717, 1.165) is 0 Å². The topological polar surface area (TPSA) is 42.2 Å². The van der Waals surface area contributed by atoms with E-state index in [0.29, 0.717) is 27.1 Å². The molecular formula is C17H11Cl2NO2. The summed E-state index contributed by atoms with van der Waals surface area (Å²) in [6.07, 6.45) is 0. The Labute approximate surface area is 137 Å². The molecular weight excluding hydrogens is 321 g/mol. The fourth-order valence-electron chi connectivity index (χ4n) is 2.01. The molecule has 0 aliphatic rings. The van der Waals surface area contributed by atoms with E-state index < -0.39 is 0 Å². The lowest BCUT2D eigenvalue weighted by atomic mass is 10.2. The first-order chi connectivity index (χ1) is 10.6. The lowest BCUT2D eigenvalue weighted by Crippen LogP contribution is -2.10. The molecule has 5 heteroatoms. The molecule has 3 rings (SSSR count). The highest BCUT2D eigenvalue weighted by atomic mass is 35.5. The number of amides is 1. The van der Waals surface area contributed by atoms with Gasteiger partial charge in [0.15, 0.2) is 5.76 Å². The van der Waals surface area contributed by atoms with Crippen molar-refractivity contribution in [1.29, 1.82) is 0 Å². The van der Waals surface area contributed by atoms with Crippen LogP contribution in [0.5, 0.6) is 0 Å². The van der Waals surface area contributed by atoms with Crippen LogP contribution in [0.3, 0.4) is 0 Å². The van der Waals surface area contributed by atoms with Gasteiger partial charge in [-0.25, -0.2) is 0 Å². The van der Waals surface area contributed by atoms with Gasteiger partial charge in [0.2, 0.25) is 0 Å². The van der Waals surface area contributed by atoms with Gasteiger partial charge in [-0.05, 0) is 36.4 Å². The summed E-state index contributed by atoms with van der Waals surface area (Å²) < 4.78 is 5.58. The first-order valence-corrected chi connectivity index (χ1v) is 7.31. The second-order valence-electron chi connectivity index (χ2n) is 4.59. The Hall–Kier alpha value is -2.23. The maximum absolute atomic E-state index is 12.1. The quantitative estimate of drug-likeness (QED) is 0.687. The average Bonchev–Trinajstić information content (AvgIpc) is 3.01. The molecule has 0 saturated heterocycles. The highest BCUT2D eigenvalue weighted by molar-refractivity contribution is 6.43. The van der Waals surface area contributed by atoms with E-state index in [-0.39, 0.29) is 11.7 Å². The van der Waals surface area contributed by atoms with E-state index in [9.17, 15) is 4.79 Å². The molecule has 0 atom stereocenters. The largest absolute Gasteiger partial charge is 0.451 e. The predicted octanol–water partition coefficient (Wildman–Crippen LogP) is 5.51. The van der Waals surface area contributed by atoms with Crippen molar-refractivity contribution < 1.29 is 9.21 Å². The van der Waals surface area contributed by atoms with Gasteiger partial charge in [-0.3, -0.25) is 4.79 Å². The van der Waals surface area contributed by atoms with E-state index in [2.05, 4.69) is 5.32 Å². The second-order valence-corrected chi connectivity index (χ2v) is 5.37. The van der Waals surface area contributed by atoms with Gasteiger partial charge in [0.05, 0.1) is 10.0 Å². The minimum Gasteiger partial charge on any atom is -0.451 e. The van der Waals surface area contributed by atoms with Crippen molar-refractivity contribution in [2.75, 3.05) is 5.32 Å². The van der Waals surface area contributed by atoms with Crippen molar-refractivity contribution in [3.63, 3.8) is 0 Å². The Balaban J connectivity index is 1.85. The molecule has 3 aromatic rings. The number of halogens is 2. The van der Waals surface area contributed by atoms with Gasteiger partial charge in [0, 0.05) is 11.3 Å². The fourth-order valence-corrected chi connectivity index (χ4v) is 2.41. The summed E-state index contributed by atoms with van der Waals surface area (Å²) in [6.45, 7) is 0. The SMILES string of the molecule is O=C(Nc1ccccc1)c1ccc(-c2cccc(Cl)c2Cl)o1. The molecule has 0 radical (unpaired) electrons. The molecule has 3 nitrogen and oxygen atoms in total. The van der Waals surface area contributed by atoms with E-state index in [1.165, 1.54) is 0 Å². The normalized spacial score (nSPS) is 10.5. The molecule has 1 aromatic heterocycles. The first kappa shape index (κ1) is 14.7. The molecule has 0 saturated carbocycles. The van der Waals surface area contributed by atoms with Gasteiger partial charge in [0.25, 0.3) is 5.91 Å². The third-order valence-corrected chi connectivity index (χ3v) is 3.90. The van der Waals surface area contributed by atoms with Crippen LogP contribution < -0.4 is 5.32 Å². The molecule has 1 heterocycles. The van der Waals surface area contributed by atoms with Crippen LogP contribution in [0, 0.1) is 0 Å². The van der Waals surface area contributed by atoms with Gasteiger partial charge >= 0.3 is 0 Å². The Morgan fingerprint density at radius 2 is 1.68 bits per heavy atom. The molecule has 0 aliphatic heterocycles. The van der Waals surface area contributed by atoms with Gasteiger partial charge < -0.3 is 9.73 Å². The van der Waals surface area contributed by atoms with Gasteiger partial charge in [-0.15, -0.1) is 0 Å². The van der Waals surface area contributed by atoms with Crippen LogP contribution in [0.1, 0.15) is 10.6 Å². The molecule has 0 unspecified atom stereocenters. The lowest BCUT2D eigenvalue weighted by molar-refractivity contribution is 0.0997. The lowest BCUT2D eigenvalue weighted by Gasteiger charge is -2.03. The average molecular weight is 332 g/mol. The number of carbonyl (C=O) groups is 1. The highest BCUT2D eigenvalue weighted by Crippen LogP contribution is 2.34. The molecule has 1 N–H and O–H groups in total. The summed E-state index contributed by atoms with van der Waals surface area (Å²) in [5.41, 5.74) is 1.35. The van der Waals surface area contributed by atoms with Gasteiger partial charge in [-0.2, -0.15) is 0 Å². The molecule has 2 aromatic carbocycles. The first-order valence-electron chi connectivity index (χ1n) is 6.56. The fraction of sp³-hybridized carbons (Fsp3) is 0. The number of rotatable bonds is 3. The van der Waals surface area contributed by atoms with Crippen molar-refractivity contribution in [1.82, 2.24) is 0 Å². The summed E-state index contributed by atoms with van der Waals surface area (Å²) >= 11 is 12.1. The summed E-state index contributed by atoms with van der Waals surface area (Å²) in [7, 11) is 0. The van der Waals surface area contributed by atoms with Crippen LogP contribution in [0.15, 0.2) is 65.1 Å². The van der Waals surface area contributed by atoms with Crippen LogP contribution in [0.2, 0.25) is 10.0 Å². The monoisotopic (exact) mass is 331 g/mol. The molecule has 0 aliphatic carbocycles. The molecule has 0 bridgehead atoms. The van der Waals surface area contributed by atoms with Crippen LogP contribution in [-0.2, 0) is 0 Å². The van der Waals surface area contributed by atoms with Crippen LogP contribution in [0.4, 0.5) is 5.69 Å². The number of anilines is 1. The van der Waals surface area contributed by atoms with E-state index in [1.54, 1.807) is 42.5 Å². The number of nitrogens with one attached hydrogen (secondary N) is 1. The number of para-hydroxylation sites is 1. The zero-order valence-corrected chi connectivity index (χ0v) is 12.9. The van der Waals surface area contributed by atoms with Crippen molar-refractivity contribution in [3.05, 3.63) is 76.5 Å². The van der Waals surface area contributed by atoms with Crippen molar-refractivity contribution in [3.8, 4) is 11.3 Å². The van der Waals surface area contributed by atoms with Crippen molar-refractivity contribution in [2.45, 2.75) is 0 Å². The van der Waals surface area contributed by atoms with Gasteiger partial charge in [-0.1, -0.05) is 47.5 Å². The summed E-state index contributed by atoms with van der Waals surface area (Å²) in [5.74, 6) is 0.371. The zero-order chi connectivity index (χ0) is 15.5. The van der Waals surface area contributed by atoms with Crippen molar-refractivity contribution in [2.24, 2.45) is 0 Å². The van der Waals surface area contributed by atoms with Crippen LogP contribution in [-0.4, -0.2) is 5.91 Å². The minimum absolute atomic E-state index is 0.204. The summed E-state index contributed by atoms with van der Waals surface area (Å²) in [6, 6.07) is 17.7. The minimum atomic E-state index is -0.324. The summed E-state index contributed by atoms with van der Waals surface area (Å²) in [4.78, 5) is 12.1. The van der Waals surface area contributed by atoms with E-state index >= 15 is 0 Å². The summed E-state index contributed by atoms with van der Waals surface area (Å²) in [5, 5.41) is 3.59. The van der Waals surface area contributed by atoms with E-state index in [1.807, 2.05) is 18.2 Å². The molecule has 0 spiro atoms. The molecule has 110 valence electrons. The maximum Gasteiger partial charge on any atom is 0.291 e. The van der Waals surface area contributed by atoms with Crippen LogP contribution in [0.25, 0.3) is 11.3 Å². The zero-order valence-electron chi connectivity index (χ0n) is 11.3. The van der Waals surface area contributed by atoms with E-state index in [4.69, 9.17) is 27.6 Å². The Bertz CT molecular complexity index is 813.